The van der Waals surface area contributed by atoms with E-state index in [-0.39, 0.29) is 21.7 Å². The second-order valence-electron chi connectivity index (χ2n) is 15.1. The number of unbranched alkanes of at least 4 members (excludes halogenated alkanes) is 3. The molecule has 0 aliphatic rings. The molecule has 1 aromatic heterocycles. The van der Waals surface area contributed by atoms with Gasteiger partial charge < -0.3 is 8.39 Å². The lowest BCUT2D eigenvalue weighted by atomic mass is 9.77. The fourth-order valence-corrected chi connectivity index (χ4v) is 5.84. The molecule has 0 spiro atoms. The first-order valence-electron chi connectivity index (χ1n) is 14.5. The molecule has 0 amide bonds. The van der Waals surface area contributed by atoms with E-state index in [1.165, 1.54) is 35.1 Å². The highest BCUT2D eigenvalue weighted by atomic mass is 31.1. The smallest absolute Gasteiger partial charge is 0.387 e. The number of fused-ring (bicyclic) bond motifs is 3. The molecule has 3 nitrogen and oxygen atoms in total. The van der Waals surface area contributed by atoms with E-state index in [0.29, 0.717) is 6.61 Å². The van der Waals surface area contributed by atoms with Crippen molar-refractivity contribution in [3.05, 3.63) is 46.5 Å². The Morgan fingerprint density at radius 3 is 1.34 bits per heavy atom. The molecule has 4 heteroatoms. The average molecular weight is 541 g/mol. The van der Waals surface area contributed by atoms with Crippen molar-refractivity contribution in [3.8, 4) is 0 Å². The molecular weight excluding hydrogens is 487 g/mol. The first-order valence-corrected chi connectivity index (χ1v) is 15.6. The lowest BCUT2D eigenvalue weighted by molar-refractivity contribution is 0.356. The number of hydrogen-bond donors (Lipinski definition) is 0. The van der Waals surface area contributed by atoms with Gasteiger partial charge in [0.2, 0.25) is 0 Å². The standard InChI is InChI=1S/C34H53O3P/c1-14-15-16-17-18-35-38-36-29-25(19-23(31(2,3)4)21-27(29)33(8,9)10)26-20-24(32(5,6)7)22-28(30(26)37-38)34(11,12)13/h19-22H,14-18H2,1-13H3. The van der Waals surface area contributed by atoms with Gasteiger partial charge in [-0.25, -0.2) is 0 Å². The topological polar surface area (TPSA) is 35.5 Å². The van der Waals surface area contributed by atoms with Gasteiger partial charge in [0, 0.05) is 21.9 Å². The zero-order valence-corrected chi connectivity index (χ0v) is 27.4. The van der Waals surface area contributed by atoms with Crippen LogP contribution in [-0.4, -0.2) is 6.61 Å². The van der Waals surface area contributed by atoms with Crippen LogP contribution in [0.4, 0.5) is 0 Å². The van der Waals surface area contributed by atoms with Gasteiger partial charge in [-0.1, -0.05) is 121 Å². The van der Waals surface area contributed by atoms with Gasteiger partial charge >= 0.3 is 8.24 Å². The van der Waals surface area contributed by atoms with Crippen molar-refractivity contribution in [3.63, 3.8) is 0 Å². The normalized spacial score (nSPS) is 13.5. The maximum atomic E-state index is 6.78. The zero-order chi connectivity index (χ0) is 28.7. The molecule has 0 radical (unpaired) electrons. The predicted molar refractivity (Wildman–Crippen MR) is 167 cm³/mol. The fraction of sp³-hybridized carbons (Fsp3) is 0.647. The van der Waals surface area contributed by atoms with Crippen LogP contribution < -0.4 is 4.52 Å². The van der Waals surface area contributed by atoms with Crippen LogP contribution in [0.25, 0.3) is 21.9 Å². The summed E-state index contributed by atoms with van der Waals surface area (Å²) >= 11 is 0. The molecule has 0 aliphatic heterocycles. The Kier molecular flexibility index (Phi) is 8.97. The minimum atomic E-state index is -1.59. The van der Waals surface area contributed by atoms with E-state index in [1.807, 2.05) is 0 Å². The highest BCUT2D eigenvalue weighted by Crippen LogP contribution is 2.45. The van der Waals surface area contributed by atoms with E-state index in [9.17, 15) is 0 Å². The van der Waals surface area contributed by atoms with Crippen molar-refractivity contribution < 1.29 is 12.9 Å². The fourth-order valence-electron chi connectivity index (χ4n) is 4.72. The van der Waals surface area contributed by atoms with Crippen LogP contribution in [0.2, 0.25) is 0 Å². The Balaban J connectivity index is 2.55. The molecule has 0 saturated carbocycles. The van der Waals surface area contributed by atoms with Gasteiger partial charge in [-0.2, -0.15) is 0 Å². The molecule has 3 rings (SSSR count). The zero-order valence-electron chi connectivity index (χ0n) is 26.5. The molecule has 3 aromatic rings. The Morgan fingerprint density at radius 2 is 1.00 bits per heavy atom. The Bertz CT molecular complexity index is 1210. The second-order valence-corrected chi connectivity index (χ2v) is 16.2. The summed E-state index contributed by atoms with van der Waals surface area (Å²) in [6.07, 6.45) is 4.61. The van der Waals surface area contributed by atoms with Gasteiger partial charge in [-0.3, -0.25) is 4.52 Å². The third-order valence-electron chi connectivity index (χ3n) is 7.34. The summed E-state index contributed by atoms with van der Waals surface area (Å²) in [6, 6.07) is 9.37. The van der Waals surface area contributed by atoms with Crippen LogP contribution in [-0.2, 0) is 21.7 Å². The molecule has 0 saturated heterocycles. The Labute approximate surface area is 233 Å². The molecule has 0 unspecified atom stereocenters. The van der Waals surface area contributed by atoms with E-state index in [4.69, 9.17) is 12.9 Å². The van der Waals surface area contributed by atoms with Crippen LogP contribution in [0.15, 0.2) is 32.7 Å². The minimum absolute atomic E-state index is 0.00262. The molecule has 38 heavy (non-hydrogen) atoms. The third-order valence-corrected chi connectivity index (χ3v) is 8.40. The first-order chi connectivity index (χ1) is 17.3. The SMILES string of the molecule is CCCCCCOp1oc2c(C(C)(C)C)cc(C(C)(C)C)cc2c2cc(C(C)(C)C)cc(C(C)(C)C)c2o1. The molecule has 0 fully saturated rings. The summed E-state index contributed by atoms with van der Waals surface area (Å²) in [4.78, 5) is 0. The highest BCUT2D eigenvalue weighted by Gasteiger charge is 2.28. The summed E-state index contributed by atoms with van der Waals surface area (Å²) in [5.74, 6) is 0. The molecule has 0 N–H and O–H groups in total. The number of benzene rings is 2. The lowest BCUT2D eigenvalue weighted by Gasteiger charge is -2.27. The molecule has 0 atom stereocenters. The molecular formula is C34H53O3P. The van der Waals surface area contributed by atoms with Gasteiger partial charge in [0.1, 0.15) is 11.2 Å². The van der Waals surface area contributed by atoms with Crippen molar-refractivity contribution in [2.45, 2.75) is 137 Å². The summed E-state index contributed by atoms with van der Waals surface area (Å²) in [5.41, 5.74) is 6.63. The van der Waals surface area contributed by atoms with Crippen molar-refractivity contribution in [1.29, 1.82) is 0 Å². The molecule has 2 aromatic carbocycles. The summed E-state index contributed by atoms with van der Waals surface area (Å²) in [5, 5.41) is 2.24. The first kappa shape index (κ1) is 30.8. The van der Waals surface area contributed by atoms with Crippen LogP contribution in [0.5, 0.6) is 0 Å². The summed E-state index contributed by atoms with van der Waals surface area (Å²) in [6.45, 7) is 30.2. The largest absolute Gasteiger partial charge is 0.399 e. The predicted octanol–water partition coefficient (Wildman–Crippen LogP) is 11.5. The van der Waals surface area contributed by atoms with Crippen molar-refractivity contribution in [2.75, 3.05) is 6.61 Å². The van der Waals surface area contributed by atoms with Gasteiger partial charge in [-0.15, -0.1) is 0 Å². The highest BCUT2D eigenvalue weighted by molar-refractivity contribution is 7.31. The maximum absolute atomic E-state index is 6.78. The summed E-state index contributed by atoms with van der Waals surface area (Å²) in [7, 11) is -1.59. The Morgan fingerprint density at radius 1 is 0.579 bits per heavy atom. The van der Waals surface area contributed by atoms with Crippen molar-refractivity contribution >= 4 is 30.2 Å². The lowest BCUT2D eigenvalue weighted by Crippen LogP contribution is -2.17. The molecule has 0 bridgehead atoms. The van der Waals surface area contributed by atoms with Gasteiger partial charge in [0.15, 0.2) is 0 Å². The molecule has 0 aliphatic carbocycles. The second kappa shape index (κ2) is 11.1. The van der Waals surface area contributed by atoms with Crippen LogP contribution in [0, 0.1) is 0 Å². The number of rotatable bonds is 6. The van der Waals surface area contributed by atoms with Crippen molar-refractivity contribution in [1.82, 2.24) is 0 Å². The third kappa shape index (κ3) is 7.08. The van der Waals surface area contributed by atoms with E-state index in [1.54, 1.807) is 0 Å². The van der Waals surface area contributed by atoms with E-state index in [2.05, 4.69) is 114 Å². The molecule has 1 heterocycles. The number of hydrogen-bond acceptors (Lipinski definition) is 3. The Hall–Kier alpha value is -1.70. The monoisotopic (exact) mass is 540 g/mol. The van der Waals surface area contributed by atoms with Gasteiger partial charge in [-0.05, 0) is 51.3 Å². The van der Waals surface area contributed by atoms with Gasteiger partial charge in [0.25, 0.3) is 0 Å². The summed E-state index contributed by atoms with van der Waals surface area (Å²) < 4.78 is 19.9. The van der Waals surface area contributed by atoms with Crippen LogP contribution >= 0.6 is 8.24 Å². The van der Waals surface area contributed by atoms with Crippen molar-refractivity contribution in [2.24, 2.45) is 0 Å². The minimum Gasteiger partial charge on any atom is -0.399 e. The van der Waals surface area contributed by atoms with E-state index < -0.39 is 8.24 Å². The van der Waals surface area contributed by atoms with Gasteiger partial charge in [0.05, 0.1) is 6.61 Å². The molecule has 212 valence electrons. The van der Waals surface area contributed by atoms with Crippen LogP contribution in [0.3, 0.4) is 0 Å². The van der Waals surface area contributed by atoms with E-state index in [0.717, 1.165) is 34.8 Å². The van der Waals surface area contributed by atoms with Crippen LogP contribution in [0.1, 0.15) is 138 Å². The van der Waals surface area contributed by atoms with E-state index >= 15 is 0 Å². The quantitative estimate of drug-likeness (QED) is 0.292. The maximum Gasteiger partial charge on any atom is 0.387 e. The average Bonchev–Trinajstić information content (AvgIpc) is 2.91.